The summed E-state index contributed by atoms with van der Waals surface area (Å²) in [6, 6.07) is 0. The highest BCUT2D eigenvalue weighted by atomic mass is 16.6. The van der Waals surface area contributed by atoms with Crippen LogP contribution >= 0.6 is 0 Å². The molecule has 0 saturated carbocycles. The Labute approximate surface area is 101 Å². The molecule has 2 aliphatic heterocycles. The van der Waals surface area contributed by atoms with Gasteiger partial charge in [-0.3, -0.25) is 4.79 Å². The van der Waals surface area contributed by atoms with Gasteiger partial charge in [0.15, 0.2) is 0 Å². The number of hydrogen-bond donors (Lipinski definition) is 0. The van der Waals surface area contributed by atoms with Crippen LogP contribution in [0.25, 0.3) is 0 Å². The first kappa shape index (κ1) is 12.2. The summed E-state index contributed by atoms with van der Waals surface area (Å²) in [5.41, 5.74) is -0.496. The Balaban J connectivity index is 1.95. The van der Waals surface area contributed by atoms with Gasteiger partial charge in [0.1, 0.15) is 5.60 Å². The minimum Gasteiger partial charge on any atom is -0.465 e. The molecule has 0 radical (unpaired) electrons. The van der Waals surface area contributed by atoms with E-state index in [0.717, 1.165) is 6.42 Å². The lowest BCUT2D eigenvalue weighted by Gasteiger charge is -2.33. The molecule has 0 aromatic rings. The zero-order chi connectivity index (χ0) is 12.6. The van der Waals surface area contributed by atoms with Crippen molar-refractivity contribution in [3.8, 4) is 0 Å². The van der Waals surface area contributed by atoms with Crippen molar-refractivity contribution in [1.82, 2.24) is 4.90 Å². The van der Waals surface area contributed by atoms with Crippen molar-refractivity contribution < 1.29 is 19.1 Å². The first-order valence-corrected chi connectivity index (χ1v) is 6.01. The van der Waals surface area contributed by atoms with E-state index in [0.29, 0.717) is 19.7 Å². The maximum atomic E-state index is 11.9. The lowest BCUT2D eigenvalue weighted by Crippen LogP contribution is -2.46. The van der Waals surface area contributed by atoms with Crippen LogP contribution in [-0.2, 0) is 14.3 Å². The Morgan fingerprint density at radius 1 is 1.47 bits per heavy atom. The van der Waals surface area contributed by atoms with Crippen molar-refractivity contribution in [3.05, 3.63) is 0 Å². The minimum atomic E-state index is -0.496. The van der Waals surface area contributed by atoms with Gasteiger partial charge in [-0.15, -0.1) is 0 Å². The summed E-state index contributed by atoms with van der Waals surface area (Å²) < 4.78 is 10.3. The predicted octanol–water partition coefficient (Wildman–Crippen LogP) is 1.42. The van der Waals surface area contributed by atoms with Gasteiger partial charge >= 0.3 is 12.1 Å². The molecule has 2 fully saturated rings. The number of amides is 1. The van der Waals surface area contributed by atoms with Gasteiger partial charge in [-0.1, -0.05) is 0 Å². The van der Waals surface area contributed by atoms with Crippen LogP contribution in [0.4, 0.5) is 4.79 Å². The van der Waals surface area contributed by atoms with E-state index in [-0.39, 0.29) is 23.9 Å². The summed E-state index contributed by atoms with van der Waals surface area (Å²) in [6.45, 7) is 7.08. The number of cyclic esters (lactones) is 1. The van der Waals surface area contributed by atoms with Crippen LogP contribution in [-0.4, -0.2) is 42.3 Å². The maximum Gasteiger partial charge on any atom is 0.410 e. The van der Waals surface area contributed by atoms with Gasteiger partial charge in [0.2, 0.25) is 0 Å². The summed E-state index contributed by atoms with van der Waals surface area (Å²) in [5, 5.41) is 0. The molecule has 0 aromatic heterocycles. The number of ether oxygens (including phenoxy) is 2. The average Bonchev–Trinajstić information content (AvgIpc) is 2.57. The van der Waals surface area contributed by atoms with E-state index in [9.17, 15) is 9.59 Å². The number of nitrogens with zero attached hydrogens (tertiary/aromatic N) is 1. The second-order valence-electron chi connectivity index (χ2n) is 5.71. The molecule has 96 valence electrons. The summed E-state index contributed by atoms with van der Waals surface area (Å²) in [7, 11) is 0. The maximum absolute atomic E-state index is 11.9. The minimum absolute atomic E-state index is 0.156. The Morgan fingerprint density at radius 3 is 2.82 bits per heavy atom. The molecule has 17 heavy (non-hydrogen) atoms. The van der Waals surface area contributed by atoms with Crippen molar-refractivity contribution in [2.45, 2.75) is 32.8 Å². The van der Waals surface area contributed by atoms with Crippen molar-refractivity contribution >= 4 is 12.1 Å². The van der Waals surface area contributed by atoms with Crippen LogP contribution in [0.2, 0.25) is 0 Å². The third-order valence-electron chi connectivity index (χ3n) is 3.15. The van der Waals surface area contributed by atoms with Crippen LogP contribution in [0.1, 0.15) is 27.2 Å². The number of rotatable bonds is 0. The summed E-state index contributed by atoms with van der Waals surface area (Å²) in [4.78, 5) is 24.9. The topological polar surface area (TPSA) is 55.8 Å². The van der Waals surface area contributed by atoms with Crippen molar-refractivity contribution in [2.75, 3.05) is 19.7 Å². The molecule has 2 rings (SSSR count). The Morgan fingerprint density at radius 2 is 2.18 bits per heavy atom. The van der Waals surface area contributed by atoms with E-state index in [1.165, 1.54) is 0 Å². The van der Waals surface area contributed by atoms with Crippen LogP contribution in [0.5, 0.6) is 0 Å². The third-order valence-corrected chi connectivity index (χ3v) is 3.15. The smallest absolute Gasteiger partial charge is 0.410 e. The van der Waals surface area contributed by atoms with E-state index >= 15 is 0 Å². The normalized spacial score (nSPS) is 28.6. The van der Waals surface area contributed by atoms with Crippen molar-refractivity contribution in [1.29, 1.82) is 0 Å². The average molecular weight is 241 g/mol. The molecule has 2 aliphatic rings. The zero-order valence-electron chi connectivity index (χ0n) is 10.6. The molecule has 5 heteroatoms. The van der Waals surface area contributed by atoms with Gasteiger partial charge in [-0.2, -0.15) is 0 Å². The highest BCUT2D eigenvalue weighted by molar-refractivity contribution is 5.77. The van der Waals surface area contributed by atoms with Crippen LogP contribution in [0, 0.1) is 11.8 Å². The molecular weight excluding hydrogens is 222 g/mol. The molecule has 2 saturated heterocycles. The fourth-order valence-electron chi connectivity index (χ4n) is 2.26. The molecule has 0 spiro atoms. The molecule has 0 N–H and O–H groups in total. The van der Waals surface area contributed by atoms with Crippen LogP contribution in [0.3, 0.4) is 0 Å². The summed E-state index contributed by atoms with van der Waals surface area (Å²) in [6.07, 6.45) is 0.478. The molecular formula is C12H19NO4. The molecule has 0 aliphatic carbocycles. The van der Waals surface area contributed by atoms with Gasteiger partial charge < -0.3 is 14.4 Å². The number of likely N-dealkylation sites (tertiary alicyclic amines) is 1. The molecule has 0 bridgehead atoms. The van der Waals surface area contributed by atoms with Gasteiger partial charge in [-0.25, -0.2) is 4.79 Å². The number of esters is 1. The number of piperidine rings is 1. The lowest BCUT2D eigenvalue weighted by molar-refractivity contribution is -0.141. The largest absolute Gasteiger partial charge is 0.465 e. The summed E-state index contributed by atoms with van der Waals surface area (Å²) >= 11 is 0. The van der Waals surface area contributed by atoms with Crippen molar-refractivity contribution in [2.24, 2.45) is 11.8 Å². The van der Waals surface area contributed by atoms with Gasteiger partial charge in [-0.05, 0) is 27.2 Å². The number of carbonyl (C=O) groups excluding carboxylic acids is 2. The highest BCUT2D eigenvalue weighted by Gasteiger charge is 2.42. The van der Waals surface area contributed by atoms with E-state index in [2.05, 4.69) is 0 Å². The molecule has 5 nitrogen and oxygen atoms in total. The van der Waals surface area contributed by atoms with E-state index in [4.69, 9.17) is 9.47 Å². The third kappa shape index (κ3) is 2.70. The van der Waals surface area contributed by atoms with Crippen LogP contribution < -0.4 is 0 Å². The van der Waals surface area contributed by atoms with Gasteiger partial charge in [0.25, 0.3) is 0 Å². The Bertz CT molecular complexity index is 334. The van der Waals surface area contributed by atoms with Gasteiger partial charge in [0, 0.05) is 19.0 Å². The van der Waals surface area contributed by atoms with Gasteiger partial charge in [0.05, 0.1) is 12.5 Å². The zero-order valence-corrected chi connectivity index (χ0v) is 10.6. The Kier molecular flexibility index (Phi) is 3.02. The lowest BCUT2D eigenvalue weighted by atomic mass is 9.88. The first-order chi connectivity index (χ1) is 7.87. The fraction of sp³-hybridized carbons (Fsp3) is 0.833. The molecule has 1 amide bonds. The monoisotopic (exact) mass is 241 g/mol. The molecule has 2 heterocycles. The standard InChI is InChI=1S/C12H19NO4/c1-12(2,3)17-11(15)13-5-4-8-7-16-10(14)9(8)6-13/h8-9H,4-7H2,1-3H3/t8-,9+/m0/s1. The summed E-state index contributed by atoms with van der Waals surface area (Å²) in [5.74, 6) is -0.0549. The molecule has 2 atom stereocenters. The van der Waals surface area contributed by atoms with E-state index in [1.807, 2.05) is 20.8 Å². The number of carbonyl (C=O) groups is 2. The molecule has 0 unspecified atom stereocenters. The predicted molar refractivity (Wildman–Crippen MR) is 60.4 cm³/mol. The van der Waals surface area contributed by atoms with E-state index < -0.39 is 5.60 Å². The van der Waals surface area contributed by atoms with E-state index in [1.54, 1.807) is 4.90 Å². The first-order valence-electron chi connectivity index (χ1n) is 6.01. The quantitative estimate of drug-likeness (QED) is 0.602. The highest BCUT2D eigenvalue weighted by Crippen LogP contribution is 2.30. The number of fused-ring (bicyclic) bond motifs is 1. The second kappa shape index (κ2) is 4.20. The Hall–Kier alpha value is -1.26. The second-order valence-corrected chi connectivity index (χ2v) is 5.71. The van der Waals surface area contributed by atoms with Crippen molar-refractivity contribution in [3.63, 3.8) is 0 Å². The molecule has 0 aromatic carbocycles. The van der Waals surface area contributed by atoms with Crippen LogP contribution in [0.15, 0.2) is 0 Å². The SMILES string of the molecule is CC(C)(C)OC(=O)N1CC[C@H]2COC(=O)[C@@H]2C1. The fourth-order valence-corrected chi connectivity index (χ4v) is 2.26. The number of hydrogen-bond acceptors (Lipinski definition) is 4.